The van der Waals surface area contributed by atoms with Crippen LogP contribution < -0.4 is 0 Å². The Morgan fingerprint density at radius 1 is 0.264 bits per heavy atom. The van der Waals surface area contributed by atoms with E-state index in [0.717, 1.165) is 167 Å². The predicted octanol–water partition coefficient (Wildman–Crippen LogP) is 24.9. The lowest BCUT2D eigenvalue weighted by Crippen LogP contribution is -2.30. The molecule has 110 heavy (non-hydrogen) atoms. The van der Waals surface area contributed by atoms with Crippen LogP contribution in [0.3, 0.4) is 0 Å². The number of phosphoric ester groups is 2. The van der Waals surface area contributed by atoms with Crippen molar-refractivity contribution in [3.63, 3.8) is 0 Å². The zero-order valence-electron chi connectivity index (χ0n) is 68.1. The summed E-state index contributed by atoms with van der Waals surface area (Å²) in [5.74, 6) is -2.37. The molecule has 0 aliphatic carbocycles. The smallest absolute Gasteiger partial charge is 0.462 e. The van der Waals surface area contributed by atoms with E-state index in [9.17, 15) is 43.2 Å². The molecule has 0 amide bonds. The monoisotopic (exact) mass is 1570 g/mol. The van der Waals surface area contributed by atoms with Gasteiger partial charge in [0.1, 0.15) is 19.3 Å². The van der Waals surface area contributed by atoms with Crippen molar-refractivity contribution >= 4 is 39.5 Å². The van der Waals surface area contributed by atoms with E-state index in [-0.39, 0.29) is 25.7 Å². The van der Waals surface area contributed by atoms with Crippen molar-refractivity contribution in [1.82, 2.24) is 0 Å². The Bertz CT molecular complexity index is 2850. The molecular formula is C91H146O17P2. The van der Waals surface area contributed by atoms with Crippen LogP contribution in [-0.2, 0) is 65.4 Å². The fraction of sp³-hybridized carbons (Fsp3) is 0.604. The summed E-state index contributed by atoms with van der Waals surface area (Å²) >= 11 is 0. The van der Waals surface area contributed by atoms with Gasteiger partial charge in [-0.25, -0.2) is 9.13 Å². The van der Waals surface area contributed by atoms with Gasteiger partial charge in [0.15, 0.2) is 12.2 Å². The number of hydrogen-bond acceptors (Lipinski definition) is 15. The zero-order valence-corrected chi connectivity index (χ0v) is 69.9. The molecule has 2 unspecified atom stereocenters. The van der Waals surface area contributed by atoms with Gasteiger partial charge in [0.25, 0.3) is 0 Å². The molecule has 0 rings (SSSR count). The topological polar surface area (TPSA) is 237 Å². The van der Waals surface area contributed by atoms with Crippen molar-refractivity contribution < 1.29 is 80.2 Å². The lowest BCUT2D eigenvalue weighted by Gasteiger charge is -2.21. The largest absolute Gasteiger partial charge is 0.472 e. The maximum Gasteiger partial charge on any atom is 0.472 e. The van der Waals surface area contributed by atoms with Crippen molar-refractivity contribution in [1.29, 1.82) is 0 Å². The molecule has 0 saturated carbocycles. The highest BCUT2D eigenvalue weighted by molar-refractivity contribution is 7.47. The predicted molar refractivity (Wildman–Crippen MR) is 454 cm³/mol. The number of unbranched alkanes of at least 4 members (excludes halogenated alkanes) is 18. The zero-order chi connectivity index (χ0) is 80.3. The van der Waals surface area contributed by atoms with Crippen LogP contribution >= 0.6 is 15.6 Å². The van der Waals surface area contributed by atoms with Crippen LogP contribution in [0.5, 0.6) is 0 Å². The van der Waals surface area contributed by atoms with E-state index >= 15 is 0 Å². The molecule has 0 fully saturated rings. The van der Waals surface area contributed by atoms with E-state index < -0.39 is 97.5 Å². The molecule has 5 atom stereocenters. The number of phosphoric acid groups is 2. The number of ether oxygens (including phenoxy) is 4. The van der Waals surface area contributed by atoms with E-state index in [2.05, 4.69) is 204 Å². The fourth-order valence-corrected chi connectivity index (χ4v) is 11.8. The third kappa shape index (κ3) is 80.0. The Kier molecular flexibility index (Phi) is 76.4. The third-order valence-electron chi connectivity index (χ3n) is 16.5. The summed E-state index contributed by atoms with van der Waals surface area (Å²) in [7, 11) is -10.0. The second-order valence-corrected chi connectivity index (χ2v) is 29.8. The number of carbonyl (C=O) groups excluding carboxylic acids is 4. The van der Waals surface area contributed by atoms with Gasteiger partial charge in [0, 0.05) is 25.7 Å². The Hall–Kier alpha value is -6.10. The minimum atomic E-state index is -5.02. The van der Waals surface area contributed by atoms with Gasteiger partial charge >= 0.3 is 39.5 Å². The first kappa shape index (κ1) is 104. The number of rotatable bonds is 76. The van der Waals surface area contributed by atoms with Crippen LogP contribution in [0.25, 0.3) is 0 Å². The van der Waals surface area contributed by atoms with E-state index in [0.29, 0.717) is 32.1 Å². The molecule has 0 saturated heterocycles. The Balaban J connectivity index is 5.54. The molecule has 0 aliphatic heterocycles. The van der Waals surface area contributed by atoms with Crippen LogP contribution in [0.1, 0.15) is 297 Å². The van der Waals surface area contributed by atoms with Gasteiger partial charge in [-0.1, -0.05) is 286 Å². The summed E-state index contributed by atoms with van der Waals surface area (Å²) in [6.45, 7) is 4.42. The van der Waals surface area contributed by atoms with Gasteiger partial charge in [-0.3, -0.25) is 37.3 Å². The SMILES string of the molecule is CC/C=C\C/C=C\C/C=C\C/C=C\C/C=C\CCCCCC(=O)O[C@H](COC(=O)CC/C=C\C/C=C\C/C=C\C/C=C\C/C=C\CCCCC)COP(=O)(O)OC[C@@H](O)COP(=O)(O)OC[C@@H](COC(=O)CCCCCCC/C=C\CCCCCC)OC(=O)CCCCC/C=C\C/C=C\C/C=C\C/C=C\C/C=C\CC. The Morgan fingerprint density at radius 2 is 0.491 bits per heavy atom. The van der Waals surface area contributed by atoms with E-state index in [1.165, 1.54) is 44.9 Å². The molecule has 0 heterocycles. The maximum absolute atomic E-state index is 13.1. The highest BCUT2D eigenvalue weighted by atomic mass is 31.2. The number of hydrogen-bond donors (Lipinski definition) is 3. The molecule has 0 aromatic rings. The summed E-state index contributed by atoms with van der Waals surface area (Å²) in [6.07, 6.45) is 99.9. The number of allylic oxidation sites excluding steroid dienone is 32. The number of esters is 4. The second kappa shape index (κ2) is 80.9. The fourth-order valence-electron chi connectivity index (χ4n) is 10.2. The maximum atomic E-state index is 13.1. The van der Waals surface area contributed by atoms with Gasteiger partial charge in [0.2, 0.25) is 0 Å². The number of aliphatic hydroxyl groups is 1. The number of aliphatic hydroxyl groups excluding tert-OH is 1. The van der Waals surface area contributed by atoms with Gasteiger partial charge in [-0.15, -0.1) is 0 Å². The molecule has 0 radical (unpaired) electrons. The summed E-state index contributed by atoms with van der Waals surface area (Å²) in [5, 5.41) is 10.7. The lowest BCUT2D eigenvalue weighted by atomic mass is 10.1. The highest BCUT2D eigenvalue weighted by Gasteiger charge is 2.30. The molecule has 0 aliphatic rings. The second-order valence-electron chi connectivity index (χ2n) is 26.9. The van der Waals surface area contributed by atoms with Gasteiger partial charge in [-0.2, -0.15) is 0 Å². The van der Waals surface area contributed by atoms with Crippen LogP contribution in [0, 0.1) is 0 Å². The molecule has 0 aromatic heterocycles. The molecule has 0 bridgehead atoms. The van der Waals surface area contributed by atoms with E-state index in [1.54, 1.807) is 0 Å². The summed E-state index contributed by atoms with van der Waals surface area (Å²) in [6, 6.07) is 0. The van der Waals surface area contributed by atoms with Crippen molar-refractivity contribution in [3.05, 3.63) is 194 Å². The Labute approximate surface area is 666 Å². The van der Waals surface area contributed by atoms with Crippen molar-refractivity contribution in [2.45, 2.75) is 316 Å². The molecule has 0 spiro atoms. The van der Waals surface area contributed by atoms with Crippen LogP contribution in [0.15, 0.2) is 194 Å². The molecule has 17 nitrogen and oxygen atoms in total. The lowest BCUT2D eigenvalue weighted by molar-refractivity contribution is -0.161. The highest BCUT2D eigenvalue weighted by Crippen LogP contribution is 2.45. The quantitative estimate of drug-likeness (QED) is 0.0169. The minimum Gasteiger partial charge on any atom is -0.462 e. The van der Waals surface area contributed by atoms with Gasteiger partial charge in [0.05, 0.1) is 26.4 Å². The molecule has 0 aromatic carbocycles. The summed E-state index contributed by atoms with van der Waals surface area (Å²) < 4.78 is 68.6. The normalized spacial score (nSPS) is 14.8. The van der Waals surface area contributed by atoms with Crippen molar-refractivity contribution in [2.75, 3.05) is 39.6 Å². The average molecular weight is 1570 g/mol. The standard InChI is InChI=1S/C91H146O17P2/c1-5-9-13-17-21-25-29-33-36-39-42-45-48-52-56-60-64-68-72-76-89(94)102-82-87(108-91(96)78-74-70-66-62-58-54-50-47-44-41-38-35-31-27-23-19-15-11-7-3)84-106-110(99,100)104-80-85(92)79-103-109(97,98)105-83-86(81-101-88(93)75-71-67-63-59-55-51-32-28-24-20-16-12-8-4)107-90(95)77-73-69-65-61-57-53-49-46-43-40-37-34-30-26-22-18-14-10-6-2/h10-11,14-15,21-23,25-28,32-38,42-47,52-54,56-58,64,68,85-87,92H,5-9,12-13,16-20,24,29-31,39-41,48-51,55,59-63,65-67,69-84H2,1-4H3,(H,97,98)(H,99,100)/b14-10-,15-11-,25-21-,26-22-,27-23-,32-28-,36-33-,37-34-,38-35-,45-42-,46-43-,47-44-,56-52-,57-53-,58-54-,68-64-/t85-,86+,87+/m0/s1. The van der Waals surface area contributed by atoms with E-state index in [4.69, 9.17) is 37.0 Å². The molecule has 622 valence electrons. The first-order valence-electron chi connectivity index (χ1n) is 41.7. The Morgan fingerprint density at radius 3 is 0.818 bits per heavy atom. The van der Waals surface area contributed by atoms with Gasteiger partial charge in [-0.05, 0) is 180 Å². The molecule has 3 N–H and O–H groups in total. The molecular weight excluding hydrogens is 1430 g/mol. The van der Waals surface area contributed by atoms with Crippen molar-refractivity contribution in [3.8, 4) is 0 Å². The van der Waals surface area contributed by atoms with Crippen LogP contribution in [-0.4, -0.2) is 96.7 Å². The van der Waals surface area contributed by atoms with Crippen LogP contribution in [0.4, 0.5) is 0 Å². The average Bonchev–Trinajstić information content (AvgIpc) is 0.905. The first-order chi connectivity index (χ1) is 53.7. The van der Waals surface area contributed by atoms with Crippen molar-refractivity contribution in [2.24, 2.45) is 0 Å². The molecule has 19 heteroatoms. The summed E-state index contributed by atoms with van der Waals surface area (Å²) in [4.78, 5) is 73.1. The first-order valence-corrected chi connectivity index (χ1v) is 44.7. The summed E-state index contributed by atoms with van der Waals surface area (Å²) in [5.41, 5.74) is 0. The van der Waals surface area contributed by atoms with Crippen LogP contribution in [0.2, 0.25) is 0 Å². The minimum absolute atomic E-state index is 0.0218. The van der Waals surface area contributed by atoms with Gasteiger partial charge < -0.3 is 33.8 Å². The number of carbonyl (C=O) groups is 4. The van der Waals surface area contributed by atoms with E-state index in [1.807, 2.05) is 18.2 Å². The third-order valence-corrected chi connectivity index (χ3v) is 18.4.